The molecule has 0 bridgehead atoms. The molecule has 0 unspecified atom stereocenters. The van der Waals surface area contributed by atoms with Crippen LogP contribution in [-0.2, 0) is 11.3 Å². The van der Waals surface area contributed by atoms with E-state index in [0.717, 1.165) is 12.8 Å². The second-order valence-electron chi connectivity index (χ2n) is 5.36. The fraction of sp³-hybridized carbons (Fsp3) is 0.429. The molecule has 1 heterocycles. The number of hydrogen-bond donors (Lipinski definition) is 1. The minimum atomic E-state index is -0.874. The molecule has 1 saturated carbocycles. The number of carboxylic acid groups (broad SMARTS) is 1. The van der Waals surface area contributed by atoms with Gasteiger partial charge in [-0.2, -0.15) is 0 Å². The summed E-state index contributed by atoms with van der Waals surface area (Å²) in [5.41, 5.74) is -0.617. The molecular weight excluding hydrogens is 258 g/mol. The Bertz CT molecular complexity index is 717. The van der Waals surface area contributed by atoms with Gasteiger partial charge in [-0.15, -0.1) is 5.10 Å². The summed E-state index contributed by atoms with van der Waals surface area (Å²) in [5, 5.41) is 17.8. The van der Waals surface area contributed by atoms with E-state index in [0.29, 0.717) is 23.7 Å². The highest BCUT2D eigenvalue weighted by molar-refractivity contribution is 5.77. The molecule has 1 aromatic heterocycles. The van der Waals surface area contributed by atoms with Crippen molar-refractivity contribution in [1.82, 2.24) is 15.0 Å². The average molecular weight is 273 g/mol. The highest BCUT2D eigenvalue weighted by Gasteiger charge is 2.42. The molecule has 0 aliphatic heterocycles. The van der Waals surface area contributed by atoms with E-state index in [4.69, 9.17) is 0 Å². The Morgan fingerprint density at radius 2 is 2.00 bits per heavy atom. The third-order valence-electron chi connectivity index (χ3n) is 4.10. The van der Waals surface area contributed by atoms with Gasteiger partial charge in [0.05, 0.1) is 17.3 Å². The van der Waals surface area contributed by atoms with Gasteiger partial charge in [0, 0.05) is 0 Å². The van der Waals surface area contributed by atoms with Gasteiger partial charge in [0.15, 0.2) is 0 Å². The summed E-state index contributed by atoms with van der Waals surface area (Å²) in [6, 6.07) is 6.95. The van der Waals surface area contributed by atoms with Crippen LogP contribution in [-0.4, -0.2) is 26.1 Å². The molecular formula is C14H15N3O3. The summed E-state index contributed by atoms with van der Waals surface area (Å²) in [6.07, 6.45) is 2.93. The molecule has 0 saturated heterocycles. The first-order chi connectivity index (χ1) is 9.62. The Kier molecular flexibility index (Phi) is 3.00. The van der Waals surface area contributed by atoms with Gasteiger partial charge in [-0.3, -0.25) is 9.59 Å². The lowest BCUT2D eigenvalue weighted by atomic mass is 9.86. The SMILES string of the molecule is O=C(O)C1(Cn2nnc3ccccc3c2=O)CCCC1. The predicted molar refractivity (Wildman–Crippen MR) is 72.3 cm³/mol. The molecule has 6 heteroatoms. The van der Waals surface area contributed by atoms with Crippen LogP contribution in [0.4, 0.5) is 0 Å². The number of benzene rings is 1. The van der Waals surface area contributed by atoms with Crippen LogP contribution in [0.5, 0.6) is 0 Å². The van der Waals surface area contributed by atoms with Crippen molar-refractivity contribution in [2.75, 3.05) is 0 Å². The largest absolute Gasteiger partial charge is 0.481 e. The number of carbonyl (C=O) groups is 1. The first-order valence-electron chi connectivity index (χ1n) is 6.68. The second kappa shape index (κ2) is 4.70. The van der Waals surface area contributed by atoms with E-state index in [1.807, 2.05) is 0 Å². The minimum Gasteiger partial charge on any atom is -0.481 e. The standard InChI is InChI=1S/C14H15N3O3/c18-12-10-5-1-2-6-11(10)15-16-17(12)9-14(13(19)20)7-3-4-8-14/h1-2,5-6H,3-4,7-9H2,(H,19,20). The van der Waals surface area contributed by atoms with E-state index in [2.05, 4.69) is 10.3 Å². The molecule has 1 aliphatic carbocycles. The topological polar surface area (TPSA) is 85.1 Å². The Balaban J connectivity index is 2.05. The van der Waals surface area contributed by atoms with Crippen LogP contribution in [0.2, 0.25) is 0 Å². The quantitative estimate of drug-likeness (QED) is 0.914. The van der Waals surface area contributed by atoms with Gasteiger partial charge in [0.25, 0.3) is 5.56 Å². The second-order valence-corrected chi connectivity index (χ2v) is 5.36. The normalized spacial score (nSPS) is 17.4. The van der Waals surface area contributed by atoms with Crippen molar-refractivity contribution in [1.29, 1.82) is 0 Å². The van der Waals surface area contributed by atoms with Crippen LogP contribution in [0.25, 0.3) is 10.9 Å². The summed E-state index contributed by atoms with van der Waals surface area (Å²) in [6.45, 7) is 0.0962. The summed E-state index contributed by atoms with van der Waals surface area (Å²) < 4.78 is 1.20. The van der Waals surface area contributed by atoms with E-state index in [1.165, 1.54) is 4.68 Å². The third kappa shape index (κ3) is 1.97. The lowest BCUT2D eigenvalue weighted by Gasteiger charge is -2.23. The third-order valence-corrected chi connectivity index (χ3v) is 4.10. The summed E-state index contributed by atoms with van der Waals surface area (Å²) in [7, 11) is 0. The average Bonchev–Trinajstić information content (AvgIpc) is 2.92. The molecule has 0 spiro atoms. The van der Waals surface area contributed by atoms with Crippen molar-refractivity contribution in [3.63, 3.8) is 0 Å². The minimum absolute atomic E-state index is 0.0962. The fourth-order valence-corrected chi connectivity index (χ4v) is 2.91. The van der Waals surface area contributed by atoms with E-state index in [9.17, 15) is 14.7 Å². The highest BCUT2D eigenvalue weighted by Crippen LogP contribution is 2.39. The van der Waals surface area contributed by atoms with Crippen LogP contribution < -0.4 is 5.56 Å². The molecule has 1 fully saturated rings. The van der Waals surface area contributed by atoms with Crippen molar-refractivity contribution >= 4 is 16.9 Å². The number of carboxylic acids is 1. The zero-order valence-corrected chi connectivity index (χ0v) is 11.0. The Hall–Kier alpha value is -2.24. The van der Waals surface area contributed by atoms with Crippen molar-refractivity contribution in [2.24, 2.45) is 5.41 Å². The van der Waals surface area contributed by atoms with E-state index >= 15 is 0 Å². The Morgan fingerprint density at radius 3 is 2.70 bits per heavy atom. The zero-order chi connectivity index (χ0) is 14.2. The fourth-order valence-electron chi connectivity index (χ4n) is 2.91. The van der Waals surface area contributed by atoms with Crippen molar-refractivity contribution in [2.45, 2.75) is 32.2 Å². The number of rotatable bonds is 3. The first kappa shape index (κ1) is 12.8. The molecule has 1 aliphatic rings. The molecule has 2 aromatic rings. The van der Waals surface area contributed by atoms with Crippen LogP contribution >= 0.6 is 0 Å². The molecule has 6 nitrogen and oxygen atoms in total. The van der Waals surface area contributed by atoms with Gasteiger partial charge in [0.1, 0.15) is 5.52 Å². The Morgan fingerprint density at radius 1 is 1.30 bits per heavy atom. The van der Waals surface area contributed by atoms with Gasteiger partial charge >= 0.3 is 5.97 Å². The van der Waals surface area contributed by atoms with Crippen molar-refractivity contribution in [3.05, 3.63) is 34.6 Å². The molecule has 1 N–H and O–H groups in total. The van der Waals surface area contributed by atoms with Crippen LogP contribution in [0.15, 0.2) is 29.1 Å². The summed E-state index contributed by atoms with van der Waals surface area (Å²) >= 11 is 0. The van der Waals surface area contributed by atoms with Gasteiger partial charge in [0.2, 0.25) is 0 Å². The van der Waals surface area contributed by atoms with Gasteiger partial charge in [-0.05, 0) is 25.0 Å². The molecule has 3 rings (SSSR count). The maximum Gasteiger partial charge on any atom is 0.311 e. The van der Waals surface area contributed by atoms with E-state index < -0.39 is 11.4 Å². The number of nitrogens with zero attached hydrogens (tertiary/aromatic N) is 3. The summed E-state index contributed by atoms with van der Waals surface area (Å²) in [4.78, 5) is 23.9. The highest BCUT2D eigenvalue weighted by atomic mass is 16.4. The monoisotopic (exact) mass is 273 g/mol. The van der Waals surface area contributed by atoms with Crippen molar-refractivity contribution in [3.8, 4) is 0 Å². The molecule has 20 heavy (non-hydrogen) atoms. The molecule has 0 atom stereocenters. The predicted octanol–water partition coefficient (Wildman–Crippen LogP) is 1.44. The van der Waals surface area contributed by atoms with Gasteiger partial charge < -0.3 is 5.11 Å². The van der Waals surface area contributed by atoms with Crippen molar-refractivity contribution < 1.29 is 9.90 Å². The molecule has 1 aromatic carbocycles. The Labute approximate surface area is 115 Å². The lowest BCUT2D eigenvalue weighted by Crippen LogP contribution is -2.38. The van der Waals surface area contributed by atoms with Gasteiger partial charge in [-0.1, -0.05) is 30.2 Å². The van der Waals surface area contributed by atoms with Crippen LogP contribution in [0.1, 0.15) is 25.7 Å². The zero-order valence-electron chi connectivity index (χ0n) is 11.0. The maximum atomic E-state index is 12.3. The number of aliphatic carboxylic acids is 1. The van der Waals surface area contributed by atoms with Crippen LogP contribution in [0, 0.1) is 5.41 Å². The maximum absolute atomic E-state index is 12.3. The smallest absolute Gasteiger partial charge is 0.311 e. The van der Waals surface area contributed by atoms with E-state index in [-0.39, 0.29) is 12.1 Å². The first-order valence-corrected chi connectivity index (χ1v) is 6.68. The van der Waals surface area contributed by atoms with Gasteiger partial charge in [-0.25, -0.2) is 4.68 Å². The summed E-state index contributed by atoms with van der Waals surface area (Å²) in [5.74, 6) is -0.850. The number of fused-ring (bicyclic) bond motifs is 1. The van der Waals surface area contributed by atoms with Crippen LogP contribution in [0.3, 0.4) is 0 Å². The van der Waals surface area contributed by atoms with E-state index in [1.54, 1.807) is 24.3 Å². The molecule has 0 radical (unpaired) electrons. The number of aromatic nitrogens is 3. The molecule has 0 amide bonds. The molecule has 104 valence electrons. The lowest BCUT2D eigenvalue weighted by molar-refractivity contribution is -0.149. The number of hydrogen-bond acceptors (Lipinski definition) is 4.